The van der Waals surface area contributed by atoms with Crippen LogP contribution in [0.4, 0.5) is 0 Å². The molecule has 0 bridgehead atoms. The number of hydrogen-bond acceptors (Lipinski definition) is 5. The van der Waals surface area contributed by atoms with Gasteiger partial charge in [-0.2, -0.15) is 4.31 Å². The summed E-state index contributed by atoms with van der Waals surface area (Å²) in [5.41, 5.74) is 0. The minimum atomic E-state index is -3.60. The molecular formula is C16H25NO5S2. The molecule has 1 aromatic rings. The highest BCUT2D eigenvalue weighted by atomic mass is 32.2. The Morgan fingerprint density at radius 1 is 1.08 bits per heavy atom. The molecule has 2 rings (SSSR count). The number of rotatable bonds is 6. The standard InChI is InChI=1S/C16H25NO5S2/c1-13(2)12-22-14-4-6-16(7-5-14)24(20,21)17-10-8-15(9-11-17)23(3,18)19/h4-7,13,15H,8-12H2,1-3H3. The second-order valence-corrected chi connectivity index (χ2v) is 10.9. The van der Waals surface area contributed by atoms with E-state index in [1.165, 1.54) is 22.7 Å². The number of piperidine rings is 1. The summed E-state index contributed by atoms with van der Waals surface area (Å²) in [6.07, 6.45) is 1.89. The van der Waals surface area contributed by atoms with Crippen LogP contribution >= 0.6 is 0 Å². The van der Waals surface area contributed by atoms with Crippen molar-refractivity contribution >= 4 is 19.9 Å². The summed E-state index contributed by atoms with van der Waals surface area (Å²) in [6.45, 7) is 5.11. The van der Waals surface area contributed by atoms with Gasteiger partial charge in [-0.15, -0.1) is 0 Å². The summed E-state index contributed by atoms with van der Waals surface area (Å²) in [5, 5.41) is -0.448. The molecule has 0 unspecified atom stereocenters. The molecule has 8 heteroatoms. The summed E-state index contributed by atoms with van der Waals surface area (Å²) in [6, 6.07) is 6.37. The van der Waals surface area contributed by atoms with Gasteiger partial charge in [0.05, 0.1) is 16.8 Å². The lowest BCUT2D eigenvalue weighted by Gasteiger charge is -2.30. The molecule has 1 aliphatic heterocycles. The van der Waals surface area contributed by atoms with E-state index in [2.05, 4.69) is 0 Å². The fourth-order valence-electron chi connectivity index (χ4n) is 2.62. The topological polar surface area (TPSA) is 80.8 Å². The van der Waals surface area contributed by atoms with Crippen LogP contribution in [0.2, 0.25) is 0 Å². The van der Waals surface area contributed by atoms with Gasteiger partial charge in [0.25, 0.3) is 0 Å². The maximum Gasteiger partial charge on any atom is 0.243 e. The number of sulfone groups is 1. The van der Waals surface area contributed by atoms with E-state index < -0.39 is 25.1 Å². The van der Waals surface area contributed by atoms with Gasteiger partial charge in [0.15, 0.2) is 0 Å². The molecule has 0 spiro atoms. The van der Waals surface area contributed by atoms with Crippen molar-refractivity contribution in [3.05, 3.63) is 24.3 Å². The van der Waals surface area contributed by atoms with Crippen molar-refractivity contribution in [2.75, 3.05) is 26.0 Å². The van der Waals surface area contributed by atoms with Gasteiger partial charge in [0, 0.05) is 19.3 Å². The average Bonchev–Trinajstić information content (AvgIpc) is 2.52. The molecule has 0 atom stereocenters. The molecule has 0 amide bonds. The predicted octanol–water partition coefficient (Wildman–Crippen LogP) is 1.92. The minimum absolute atomic E-state index is 0.206. The zero-order valence-electron chi connectivity index (χ0n) is 14.3. The first-order valence-electron chi connectivity index (χ1n) is 8.02. The lowest BCUT2D eigenvalue weighted by Crippen LogP contribution is -2.42. The number of ether oxygens (including phenoxy) is 1. The summed E-state index contributed by atoms with van der Waals surface area (Å²) in [4.78, 5) is 0.206. The van der Waals surface area contributed by atoms with Crippen molar-refractivity contribution < 1.29 is 21.6 Å². The van der Waals surface area contributed by atoms with E-state index in [0.717, 1.165) is 0 Å². The number of benzene rings is 1. The smallest absolute Gasteiger partial charge is 0.243 e. The van der Waals surface area contributed by atoms with Crippen molar-refractivity contribution in [1.29, 1.82) is 0 Å². The third kappa shape index (κ3) is 4.70. The normalized spacial score (nSPS) is 18.0. The monoisotopic (exact) mass is 375 g/mol. The van der Waals surface area contributed by atoms with Crippen LogP contribution in [0.3, 0.4) is 0 Å². The number of hydrogen-bond donors (Lipinski definition) is 0. The third-order valence-electron chi connectivity index (χ3n) is 4.05. The van der Waals surface area contributed by atoms with Crippen molar-refractivity contribution in [2.45, 2.75) is 36.8 Å². The summed E-state index contributed by atoms with van der Waals surface area (Å²) >= 11 is 0. The first-order valence-corrected chi connectivity index (χ1v) is 11.4. The van der Waals surface area contributed by atoms with Gasteiger partial charge < -0.3 is 4.74 Å². The zero-order chi connectivity index (χ0) is 18.0. The second-order valence-electron chi connectivity index (χ2n) is 6.61. The Morgan fingerprint density at radius 3 is 2.08 bits per heavy atom. The van der Waals surface area contributed by atoms with Crippen molar-refractivity contribution in [3.63, 3.8) is 0 Å². The lowest BCUT2D eigenvalue weighted by atomic mass is 10.2. The maximum atomic E-state index is 12.7. The lowest BCUT2D eigenvalue weighted by molar-refractivity contribution is 0.271. The predicted molar refractivity (Wildman–Crippen MR) is 93.4 cm³/mol. The molecule has 6 nitrogen and oxygen atoms in total. The Bertz CT molecular complexity index is 746. The van der Waals surface area contributed by atoms with Gasteiger partial charge in [0.1, 0.15) is 15.6 Å². The maximum absolute atomic E-state index is 12.7. The summed E-state index contributed by atoms with van der Waals surface area (Å²) < 4.78 is 55.4. The Kier molecular flexibility index (Phi) is 5.93. The molecule has 0 aliphatic carbocycles. The minimum Gasteiger partial charge on any atom is -0.493 e. The Balaban J connectivity index is 2.05. The Labute approximate surface area is 144 Å². The Morgan fingerprint density at radius 2 is 1.62 bits per heavy atom. The first kappa shape index (κ1) is 19.2. The summed E-state index contributed by atoms with van der Waals surface area (Å²) in [7, 11) is -6.71. The van der Waals surface area contributed by atoms with E-state index in [1.54, 1.807) is 12.1 Å². The highest BCUT2D eigenvalue weighted by Crippen LogP contribution is 2.25. The van der Waals surface area contributed by atoms with Crippen LogP contribution in [-0.2, 0) is 19.9 Å². The van der Waals surface area contributed by atoms with Crippen molar-refractivity contribution in [3.8, 4) is 5.75 Å². The number of sulfonamides is 1. The molecular weight excluding hydrogens is 350 g/mol. The average molecular weight is 376 g/mol. The molecule has 1 aromatic carbocycles. The second kappa shape index (κ2) is 7.41. The van der Waals surface area contributed by atoms with Gasteiger partial charge in [-0.05, 0) is 43.0 Å². The van der Waals surface area contributed by atoms with Crippen molar-refractivity contribution in [1.82, 2.24) is 4.31 Å². The quantitative estimate of drug-likeness (QED) is 0.759. The van der Waals surface area contributed by atoms with Crippen LogP contribution in [-0.4, -0.2) is 52.3 Å². The van der Waals surface area contributed by atoms with E-state index >= 15 is 0 Å². The molecule has 1 heterocycles. The van der Waals surface area contributed by atoms with Crippen LogP contribution in [0.25, 0.3) is 0 Å². The fourth-order valence-corrected chi connectivity index (χ4v) is 5.16. The van der Waals surface area contributed by atoms with Crippen LogP contribution in [0, 0.1) is 5.92 Å². The van der Waals surface area contributed by atoms with Crippen LogP contribution < -0.4 is 4.74 Å². The highest BCUT2D eigenvalue weighted by molar-refractivity contribution is 7.91. The molecule has 0 N–H and O–H groups in total. The highest BCUT2D eigenvalue weighted by Gasteiger charge is 2.33. The van der Waals surface area contributed by atoms with Gasteiger partial charge in [-0.1, -0.05) is 13.8 Å². The third-order valence-corrected chi connectivity index (χ3v) is 7.65. The molecule has 0 saturated carbocycles. The first-order chi connectivity index (χ1) is 11.1. The van der Waals surface area contributed by atoms with Crippen LogP contribution in [0.5, 0.6) is 5.75 Å². The van der Waals surface area contributed by atoms with E-state index in [4.69, 9.17) is 4.74 Å². The van der Waals surface area contributed by atoms with E-state index in [0.29, 0.717) is 31.1 Å². The van der Waals surface area contributed by atoms with E-state index in [1.807, 2.05) is 13.8 Å². The van der Waals surface area contributed by atoms with Crippen LogP contribution in [0.15, 0.2) is 29.2 Å². The molecule has 0 radical (unpaired) electrons. The molecule has 1 fully saturated rings. The molecule has 1 saturated heterocycles. The van der Waals surface area contributed by atoms with Crippen LogP contribution in [0.1, 0.15) is 26.7 Å². The molecule has 24 heavy (non-hydrogen) atoms. The number of nitrogens with zero attached hydrogens (tertiary/aromatic N) is 1. The van der Waals surface area contributed by atoms with Gasteiger partial charge in [0.2, 0.25) is 10.0 Å². The van der Waals surface area contributed by atoms with Crippen molar-refractivity contribution in [2.24, 2.45) is 5.92 Å². The summed E-state index contributed by atoms with van der Waals surface area (Å²) in [5.74, 6) is 1.03. The molecule has 0 aromatic heterocycles. The molecule has 136 valence electrons. The van der Waals surface area contributed by atoms with Gasteiger partial charge >= 0.3 is 0 Å². The SMILES string of the molecule is CC(C)COc1ccc(S(=O)(=O)N2CCC(S(C)(=O)=O)CC2)cc1. The zero-order valence-corrected chi connectivity index (χ0v) is 15.9. The van der Waals surface area contributed by atoms with Gasteiger partial charge in [-0.25, -0.2) is 16.8 Å². The molecule has 1 aliphatic rings. The fraction of sp³-hybridized carbons (Fsp3) is 0.625. The van der Waals surface area contributed by atoms with Gasteiger partial charge in [-0.3, -0.25) is 0 Å². The van der Waals surface area contributed by atoms with E-state index in [-0.39, 0.29) is 18.0 Å². The van der Waals surface area contributed by atoms with E-state index in [9.17, 15) is 16.8 Å². The largest absolute Gasteiger partial charge is 0.493 e. The Hall–Kier alpha value is -1.12.